The fraction of sp³-hybridized carbons (Fsp3) is 1.00. The molecule has 3 atom stereocenters. The molecule has 2 fully saturated rings. The summed E-state index contributed by atoms with van der Waals surface area (Å²) in [6.07, 6.45) is 3.76. The number of nitrogens with zero attached hydrogens (tertiary/aromatic N) is 1. The highest BCUT2D eigenvalue weighted by atomic mass is 16.3. The molecule has 0 spiro atoms. The fourth-order valence-electron chi connectivity index (χ4n) is 2.42. The monoisotopic (exact) mass is 171 g/mol. The average molecular weight is 171 g/mol. The molecule has 3 heteroatoms. The van der Waals surface area contributed by atoms with Crippen molar-refractivity contribution >= 4 is 0 Å². The standard InChI is InChI=1S/C9H17NO2/c11-7-4-5-10(6-7)8-2-1-3-9(8)12/h7-9,11-12H,1-6H2/t7?,8-,9-/m1/s1. The van der Waals surface area contributed by atoms with E-state index in [0.29, 0.717) is 6.04 Å². The van der Waals surface area contributed by atoms with Gasteiger partial charge in [-0.05, 0) is 25.7 Å². The van der Waals surface area contributed by atoms with Crippen LogP contribution in [0.5, 0.6) is 0 Å². The zero-order valence-electron chi connectivity index (χ0n) is 7.32. The van der Waals surface area contributed by atoms with E-state index in [1.807, 2.05) is 0 Å². The molecule has 0 bridgehead atoms. The van der Waals surface area contributed by atoms with Crippen molar-refractivity contribution in [1.82, 2.24) is 4.90 Å². The summed E-state index contributed by atoms with van der Waals surface area (Å²) in [4.78, 5) is 2.24. The molecule has 3 nitrogen and oxygen atoms in total. The van der Waals surface area contributed by atoms with Gasteiger partial charge in [0.15, 0.2) is 0 Å². The molecule has 0 radical (unpaired) electrons. The van der Waals surface area contributed by atoms with Gasteiger partial charge in [-0.2, -0.15) is 0 Å². The second-order valence-corrected chi connectivity index (χ2v) is 4.00. The minimum Gasteiger partial charge on any atom is -0.392 e. The Bertz CT molecular complexity index is 163. The van der Waals surface area contributed by atoms with Gasteiger partial charge in [0.2, 0.25) is 0 Å². The van der Waals surface area contributed by atoms with E-state index in [9.17, 15) is 10.2 Å². The van der Waals surface area contributed by atoms with Gasteiger partial charge in [-0.15, -0.1) is 0 Å². The van der Waals surface area contributed by atoms with Crippen molar-refractivity contribution < 1.29 is 10.2 Å². The van der Waals surface area contributed by atoms with Crippen LogP contribution in [0.1, 0.15) is 25.7 Å². The molecule has 1 aliphatic heterocycles. The van der Waals surface area contributed by atoms with Crippen LogP contribution in [0.3, 0.4) is 0 Å². The van der Waals surface area contributed by atoms with Crippen LogP contribution < -0.4 is 0 Å². The summed E-state index contributed by atoms with van der Waals surface area (Å²) in [5, 5.41) is 18.9. The van der Waals surface area contributed by atoms with E-state index < -0.39 is 0 Å². The molecular weight excluding hydrogens is 154 g/mol. The average Bonchev–Trinajstić information content (AvgIpc) is 2.58. The Balaban J connectivity index is 1.91. The summed E-state index contributed by atoms with van der Waals surface area (Å²) in [7, 11) is 0. The third kappa shape index (κ3) is 1.49. The Morgan fingerprint density at radius 3 is 2.42 bits per heavy atom. The number of aliphatic hydroxyl groups is 2. The summed E-state index contributed by atoms with van der Waals surface area (Å²) in [5.74, 6) is 0. The number of hydrogen-bond donors (Lipinski definition) is 2. The van der Waals surface area contributed by atoms with Crippen molar-refractivity contribution in [3.05, 3.63) is 0 Å². The summed E-state index contributed by atoms with van der Waals surface area (Å²) in [6.45, 7) is 1.73. The van der Waals surface area contributed by atoms with Gasteiger partial charge in [-0.1, -0.05) is 0 Å². The predicted octanol–water partition coefficient (Wildman–Crippen LogP) is -0.0336. The second kappa shape index (κ2) is 3.32. The van der Waals surface area contributed by atoms with Crippen molar-refractivity contribution in [1.29, 1.82) is 0 Å². The van der Waals surface area contributed by atoms with Gasteiger partial charge < -0.3 is 10.2 Å². The number of likely N-dealkylation sites (tertiary alicyclic amines) is 1. The molecule has 0 aromatic rings. The molecule has 0 aromatic heterocycles. The predicted molar refractivity (Wildman–Crippen MR) is 45.8 cm³/mol. The highest BCUT2D eigenvalue weighted by Gasteiger charge is 2.34. The molecule has 2 aliphatic rings. The Hall–Kier alpha value is -0.120. The Morgan fingerprint density at radius 1 is 1.08 bits per heavy atom. The highest BCUT2D eigenvalue weighted by molar-refractivity contribution is 4.89. The quantitative estimate of drug-likeness (QED) is 0.582. The molecule has 70 valence electrons. The normalized spacial score (nSPS) is 44.0. The van der Waals surface area contributed by atoms with Gasteiger partial charge in [0.25, 0.3) is 0 Å². The molecule has 1 saturated carbocycles. The second-order valence-electron chi connectivity index (χ2n) is 4.00. The molecule has 0 amide bonds. The number of hydrogen-bond acceptors (Lipinski definition) is 3. The minimum absolute atomic E-state index is 0.143. The number of aliphatic hydroxyl groups excluding tert-OH is 2. The SMILES string of the molecule is OC1CCN([C@@H]2CCC[C@H]2O)C1. The summed E-state index contributed by atoms with van der Waals surface area (Å²) in [6, 6.07) is 0.335. The minimum atomic E-state index is -0.155. The summed E-state index contributed by atoms with van der Waals surface area (Å²) >= 11 is 0. The van der Waals surface area contributed by atoms with Gasteiger partial charge in [0.1, 0.15) is 0 Å². The van der Waals surface area contributed by atoms with E-state index in [4.69, 9.17) is 0 Å². The van der Waals surface area contributed by atoms with Crippen molar-refractivity contribution in [3.63, 3.8) is 0 Å². The molecule has 1 saturated heterocycles. The highest BCUT2D eigenvalue weighted by Crippen LogP contribution is 2.26. The van der Waals surface area contributed by atoms with E-state index >= 15 is 0 Å². The molecule has 0 aromatic carbocycles. The van der Waals surface area contributed by atoms with E-state index in [0.717, 1.165) is 38.8 Å². The molecule has 1 heterocycles. The van der Waals surface area contributed by atoms with E-state index in [2.05, 4.69) is 4.90 Å². The molecule has 2 rings (SSSR count). The van der Waals surface area contributed by atoms with Gasteiger partial charge in [-0.3, -0.25) is 4.90 Å². The van der Waals surface area contributed by atoms with Crippen molar-refractivity contribution in [3.8, 4) is 0 Å². The van der Waals surface area contributed by atoms with Crippen molar-refractivity contribution in [2.75, 3.05) is 13.1 Å². The molecular formula is C9H17NO2. The molecule has 1 unspecified atom stereocenters. The molecule has 12 heavy (non-hydrogen) atoms. The largest absolute Gasteiger partial charge is 0.392 e. The maximum absolute atomic E-state index is 9.61. The van der Waals surface area contributed by atoms with E-state index in [1.165, 1.54) is 0 Å². The lowest BCUT2D eigenvalue weighted by molar-refractivity contribution is 0.0751. The van der Waals surface area contributed by atoms with Crippen LogP contribution in [0.15, 0.2) is 0 Å². The van der Waals surface area contributed by atoms with Crippen LogP contribution in [0, 0.1) is 0 Å². The first-order valence-electron chi connectivity index (χ1n) is 4.87. The van der Waals surface area contributed by atoms with Gasteiger partial charge in [0, 0.05) is 19.1 Å². The Morgan fingerprint density at radius 2 is 1.92 bits per heavy atom. The maximum Gasteiger partial charge on any atom is 0.0695 e. The van der Waals surface area contributed by atoms with E-state index in [-0.39, 0.29) is 12.2 Å². The third-order valence-corrected chi connectivity index (χ3v) is 3.11. The van der Waals surface area contributed by atoms with Crippen LogP contribution >= 0.6 is 0 Å². The van der Waals surface area contributed by atoms with Crippen molar-refractivity contribution in [2.24, 2.45) is 0 Å². The summed E-state index contributed by atoms with van der Waals surface area (Å²) in [5.41, 5.74) is 0. The lowest BCUT2D eigenvalue weighted by atomic mass is 10.2. The number of rotatable bonds is 1. The van der Waals surface area contributed by atoms with Crippen LogP contribution in [0.2, 0.25) is 0 Å². The lowest BCUT2D eigenvalue weighted by Crippen LogP contribution is -2.39. The van der Waals surface area contributed by atoms with Crippen LogP contribution in [-0.4, -0.2) is 46.5 Å². The fourth-order valence-corrected chi connectivity index (χ4v) is 2.42. The zero-order valence-corrected chi connectivity index (χ0v) is 7.32. The van der Waals surface area contributed by atoms with Gasteiger partial charge in [0.05, 0.1) is 12.2 Å². The zero-order chi connectivity index (χ0) is 8.55. The Labute approximate surface area is 73.0 Å². The Kier molecular flexibility index (Phi) is 2.35. The summed E-state index contributed by atoms with van der Waals surface area (Å²) < 4.78 is 0. The molecule has 1 aliphatic carbocycles. The first-order valence-corrected chi connectivity index (χ1v) is 4.87. The van der Waals surface area contributed by atoms with Gasteiger partial charge >= 0.3 is 0 Å². The number of β-amino-alcohol motifs (C(OH)–C–C–N with tert-alkyl or cyclic N) is 1. The topological polar surface area (TPSA) is 43.7 Å². The maximum atomic E-state index is 9.61. The van der Waals surface area contributed by atoms with Crippen LogP contribution in [0.25, 0.3) is 0 Å². The van der Waals surface area contributed by atoms with Crippen LogP contribution in [-0.2, 0) is 0 Å². The first-order chi connectivity index (χ1) is 5.77. The van der Waals surface area contributed by atoms with E-state index in [1.54, 1.807) is 0 Å². The first kappa shape index (κ1) is 8.48. The third-order valence-electron chi connectivity index (χ3n) is 3.11. The lowest BCUT2D eigenvalue weighted by Gasteiger charge is -2.25. The molecule has 2 N–H and O–H groups in total. The van der Waals surface area contributed by atoms with Crippen molar-refractivity contribution in [2.45, 2.75) is 43.9 Å². The van der Waals surface area contributed by atoms with Crippen LogP contribution in [0.4, 0.5) is 0 Å². The smallest absolute Gasteiger partial charge is 0.0695 e. The van der Waals surface area contributed by atoms with Gasteiger partial charge in [-0.25, -0.2) is 0 Å².